The van der Waals surface area contributed by atoms with E-state index >= 15 is 0 Å². The van der Waals surface area contributed by atoms with Crippen molar-refractivity contribution in [1.82, 2.24) is 0 Å². The molecule has 0 N–H and O–H groups in total. The fourth-order valence-corrected chi connectivity index (χ4v) is 4.28. The summed E-state index contributed by atoms with van der Waals surface area (Å²) in [7, 11) is -4.02. The Kier molecular flexibility index (Phi) is 6.01. The molecule has 0 spiro atoms. The van der Waals surface area contributed by atoms with Crippen molar-refractivity contribution < 1.29 is 27.2 Å². The van der Waals surface area contributed by atoms with Crippen LogP contribution in [0.2, 0.25) is 0 Å². The van der Waals surface area contributed by atoms with E-state index in [1.54, 1.807) is 24.3 Å². The molecule has 2 aliphatic heterocycles. The number of hydrogen-bond acceptors (Lipinski definition) is 6. The van der Waals surface area contributed by atoms with Crippen LogP contribution in [0.15, 0.2) is 29.2 Å². The summed E-state index contributed by atoms with van der Waals surface area (Å²) < 4.78 is 48.2. The molecule has 1 aromatic carbocycles. The van der Waals surface area contributed by atoms with E-state index in [2.05, 4.69) is 6.92 Å². The predicted octanol–water partition coefficient (Wildman–Crippen LogP) is 2.55. The number of ether oxygens (including phenoxy) is 2. The van der Waals surface area contributed by atoms with Gasteiger partial charge in [0.05, 0.1) is 22.7 Å². The molecule has 2 saturated heterocycles. The Morgan fingerprint density at radius 2 is 1.50 bits per heavy atom. The van der Waals surface area contributed by atoms with Gasteiger partial charge < -0.3 is 18.8 Å². The van der Waals surface area contributed by atoms with E-state index in [9.17, 15) is 8.42 Å². The number of hydrogen-bond donors (Lipinski definition) is 0. The minimum absolute atomic E-state index is 0.0195. The van der Waals surface area contributed by atoms with Gasteiger partial charge in [-0.25, -0.2) is 8.42 Å². The molecule has 0 radical (unpaired) electrons. The van der Waals surface area contributed by atoms with Gasteiger partial charge in [0.2, 0.25) is 9.84 Å². The minimum atomic E-state index is -3.51. The van der Waals surface area contributed by atoms with Crippen LogP contribution < -0.4 is 5.46 Å². The first-order chi connectivity index (χ1) is 12.9. The van der Waals surface area contributed by atoms with Crippen molar-refractivity contribution in [2.45, 2.75) is 63.6 Å². The molecule has 8 heteroatoms. The van der Waals surface area contributed by atoms with Crippen LogP contribution in [-0.4, -0.2) is 52.5 Å². The van der Waals surface area contributed by atoms with Gasteiger partial charge in [0.15, 0.2) is 5.94 Å². The van der Waals surface area contributed by atoms with E-state index in [-0.39, 0.29) is 16.2 Å². The maximum atomic E-state index is 12.6. The highest BCUT2D eigenvalue weighted by atomic mass is 32.2. The molecule has 2 fully saturated rings. The topological polar surface area (TPSA) is 71.1 Å². The fourth-order valence-electron chi connectivity index (χ4n) is 3.29. The molecule has 156 valence electrons. The monoisotopic (exact) mass is 410 g/mol. The van der Waals surface area contributed by atoms with Crippen LogP contribution in [0.5, 0.6) is 0 Å². The molecule has 0 saturated carbocycles. The van der Waals surface area contributed by atoms with Gasteiger partial charge >= 0.3 is 7.12 Å². The summed E-state index contributed by atoms with van der Waals surface area (Å²) in [5.74, 6) is -0.320. The third-order valence-corrected chi connectivity index (χ3v) is 7.62. The van der Waals surface area contributed by atoms with Crippen LogP contribution in [0.3, 0.4) is 0 Å². The molecule has 2 heterocycles. The van der Waals surface area contributed by atoms with Gasteiger partial charge in [0.25, 0.3) is 0 Å². The van der Waals surface area contributed by atoms with Crippen LogP contribution in [0.25, 0.3) is 0 Å². The van der Waals surface area contributed by atoms with Gasteiger partial charge in [-0.3, -0.25) is 0 Å². The van der Waals surface area contributed by atoms with Gasteiger partial charge in [-0.2, -0.15) is 0 Å². The first-order valence-electron chi connectivity index (χ1n) is 9.78. The highest BCUT2D eigenvalue weighted by Gasteiger charge is 2.51. The van der Waals surface area contributed by atoms with E-state index in [1.165, 1.54) is 0 Å². The van der Waals surface area contributed by atoms with E-state index in [1.807, 2.05) is 27.7 Å². The number of rotatable bonds is 6. The third kappa shape index (κ3) is 4.62. The highest BCUT2D eigenvalue weighted by Crippen LogP contribution is 2.36. The van der Waals surface area contributed by atoms with E-state index in [0.717, 1.165) is 18.3 Å². The van der Waals surface area contributed by atoms with Gasteiger partial charge in [-0.1, -0.05) is 19.1 Å². The zero-order valence-electron chi connectivity index (χ0n) is 17.5. The predicted molar refractivity (Wildman–Crippen MR) is 108 cm³/mol. The molecular formula is C20H31BO6S. The Morgan fingerprint density at radius 3 is 2.04 bits per heavy atom. The van der Waals surface area contributed by atoms with Crippen LogP contribution >= 0.6 is 0 Å². The first kappa shape index (κ1) is 21.8. The Morgan fingerprint density at radius 1 is 0.964 bits per heavy atom. The normalized spacial score (nSPS) is 23.7. The second-order valence-electron chi connectivity index (χ2n) is 9.16. The molecule has 6 nitrogen and oxygen atoms in total. The minimum Gasteiger partial charge on any atom is -0.399 e. The Balaban J connectivity index is 1.61. The zero-order chi connectivity index (χ0) is 20.6. The molecule has 0 aliphatic carbocycles. The van der Waals surface area contributed by atoms with E-state index < -0.39 is 28.2 Å². The molecule has 0 bridgehead atoms. The van der Waals surface area contributed by atoms with E-state index in [4.69, 9.17) is 18.8 Å². The van der Waals surface area contributed by atoms with Crippen molar-refractivity contribution in [2.24, 2.45) is 5.41 Å². The van der Waals surface area contributed by atoms with Gasteiger partial charge in [0, 0.05) is 13.2 Å². The summed E-state index contributed by atoms with van der Waals surface area (Å²) >= 11 is 0. The lowest BCUT2D eigenvalue weighted by molar-refractivity contribution is -0.0210. The molecule has 0 unspecified atom stereocenters. The zero-order valence-corrected chi connectivity index (χ0v) is 18.3. The smallest absolute Gasteiger partial charge is 0.399 e. The largest absolute Gasteiger partial charge is 0.494 e. The van der Waals surface area contributed by atoms with Crippen LogP contribution in [0, 0.1) is 5.41 Å². The van der Waals surface area contributed by atoms with E-state index in [0.29, 0.717) is 19.8 Å². The SMILES string of the molecule is CC1(COCS(=O)(=O)c2ccc(B3OC(C)(C)C(C)(C)O3)cc2)CCOCC1. The summed E-state index contributed by atoms with van der Waals surface area (Å²) in [4.78, 5) is 0.241. The van der Waals surface area contributed by atoms with Crippen molar-refractivity contribution in [3.05, 3.63) is 24.3 Å². The van der Waals surface area contributed by atoms with Crippen LogP contribution in [0.1, 0.15) is 47.5 Å². The summed E-state index contributed by atoms with van der Waals surface area (Å²) in [5.41, 5.74) is -0.0882. The summed E-state index contributed by atoms with van der Waals surface area (Å²) in [6.07, 6.45) is 1.77. The average Bonchev–Trinajstić information content (AvgIpc) is 2.83. The fraction of sp³-hybridized carbons (Fsp3) is 0.700. The lowest BCUT2D eigenvalue weighted by Gasteiger charge is -2.32. The molecule has 0 aromatic heterocycles. The molecular weight excluding hydrogens is 379 g/mol. The highest BCUT2D eigenvalue weighted by molar-refractivity contribution is 7.91. The third-order valence-electron chi connectivity index (χ3n) is 6.15. The molecule has 0 atom stereocenters. The second-order valence-corrected chi connectivity index (χ2v) is 11.1. The van der Waals surface area contributed by atoms with Gasteiger partial charge in [-0.05, 0) is 63.5 Å². The summed E-state index contributed by atoms with van der Waals surface area (Å²) in [6, 6.07) is 6.67. The van der Waals surface area contributed by atoms with Crippen LogP contribution in [-0.2, 0) is 28.6 Å². The number of benzene rings is 1. The molecule has 28 heavy (non-hydrogen) atoms. The average molecular weight is 410 g/mol. The van der Waals surface area contributed by atoms with Gasteiger partial charge in [0.1, 0.15) is 0 Å². The lowest BCUT2D eigenvalue weighted by atomic mass is 9.79. The molecule has 2 aliphatic rings. The van der Waals surface area contributed by atoms with Crippen molar-refractivity contribution in [2.75, 3.05) is 25.8 Å². The molecule has 0 amide bonds. The van der Waals surface area contributed by atoms with Crippen molar-refractivity contribution >= 4 is 22.4 Å². The van der Waals surface area contributed by atoms with Crippen molar-refractivity contribution in [3.8, 4) is 0 Å². The summed E-state index contributed by atoms with van der Waals surface area (Å²) in [6.45, 7) is 11.9. The standard InChI is InChI=1S/C20H31BO6S/c1-18(2)19(3,4)27-21(26-18)16-6-8-17(9-7-16)28(22,23)15-25-14-20(5)10-12-24-13-11-20/h6-9H,10-15H2,1-5H3. The maximum Gasteiger partial charge on any atom is 0.494 e. The Hall–Kier alpha value is -0.925. The molecule has 1 aromatic rings. The Labute approximate surface area is 169 Å². The number of sulfone groups is 1. The van der Waals surface area contributed by atoms with Crippen molar-refractivity contribution in [1.29, 1.82) is 0 Å². The maximum absolute atomic E-state index is 12.6. The Bertz CT molecular complexity index is 765. The summed E-state index contributed by atoms with van der Waals surface area (Å²) in [5, 5.41) is 0. The van der Waals surface area contributed by atoms with Gasteiger partial charge in [-0.15, -0.1) is 0 Å². The molecule has 3 rings (SSSR count). The van der Waals surface area contributed by atoms with Crippen LogP contribution in [0.4, 0.5) is 0 Å². The quantitative estimate of drug-likeness (QED) is 0.672. The second kappa shape index (κ2) is 7.72. The van der Waals surface area contributed by atoms with Crippen molar-refractivity contribution in [3.63, 3.8) is 0 Å². The lowest BCUT2D eigenvalue weighted by Crippen LogP contribution is -2.41. The first-order valence-corrected chi connectivity index (χ1v) is 11.4.